The van der Waals surface area contributed by atoms with Crippen molar-refractivity contribution in [3.63, 3.8) is 0 Å². The van der Waals surface area contributed by atoms with E-state index in [0.717, 1.165) is 12.8 Å². The van der Waals surface area contributed by atoms with Crippen LogP contribution in [0.25, 0.3) is 0 Å². The molecule has 1 aliphatic carbocycles. The number of benzene rings is 1. The van der Waals surface area contributed by atoms with Gasteiger partial charge >= 0.3 is 0 Å². The highest BCUT2D eigenvalue weighted by Gasteiger charge is 2.29. The van der Waals surface area contributed by atoms with Crippen LogP contribution >= 0.6 is 0 Å². The molecule has 0 heterocycles. The van der Waals surface area contributed by atoms with Crippen molar-refractivity contribution in [2.75, 3.05) is 5.43 Å². The van der Waals surface area contributed by atoms with Crippen molar-refractivity contribution in [1.29, 1.82) is 0 Å². The van der Waals surface area contributed by atoms with Gasteiger partial charge in [-0.1, -0.05) is 6.92 Å². The van der Waals surface area contributed by atoms with Gasteiger partial charge in [-0.3, -0.25) is 20.8 Å². The van der Waals surface area contributed by atoms with E-state index in [4.69, 9.17) is 5.84 Å². The lowest BCUT2D eigenvalue weighted by molar-refractivity contribution is -0.385. The molecule has 1 amide bonds. The van der Waals surface area contributed by atoms with Gasteiger partial charge in [0.1, 0.15) is 5.56 Å². The summed E-state index contributed by atoms with van der Waals surface area (Å²) in [6, 6.07) is 4.22. The first-order valence-corrected chi connectivity index (χ1v) is 6.07. The predicted molar refractivity (Wildman–Crippen MR) is 70.6 cm³/mol. The average molecular weight is 264 g/mol. The first-order chi connectivity index (χ1) is 9.01. The second-order valence-electron chi connectivity index (χ2n) is 4.88. The van der Waals surface area contributed by atoms with Gasteiger partial charge < -0.3 is 10.7 Å². The van der Waals surface area contributed by atoms with Crippen molar-refractivity contribution in [2.24, 2.45) is 11.8 Å². The molecule has 0 aromatic heterocycles. The number of nitrogens with two attached hydrogens (primary N) is 1. The number of hydrogen-bond acceptors (Lipinski definition) is 5. The van der Waals surface area contributed by atoms with E-state index in [-0.39, 0.29) is 17.3 Å². The summed E-state index contributed by atoms with van der Waals surface area (Å²) in [5.74, 6) is 5.42. The van der Waals surface area contributed by atoms with Crippen LogP contribution in [-0.4, -0.2) is 16.9 Å². The SMILES string of the molecule is CC1CC(NC(=O)c2cc(NN)ccc2[N+](=O)[O-])C1. The number of rotatable bonds is 4. The highest BCUT2D eigenvalue weighted by molar-refractivity contribution is 5.99. The van der Waals surface area contributed by atoms with Crippen LogP contribution < -0.4 is 16.6 Å². The number of hydrazine groups is 1. The normalized spacial score (nSPS) is 21.4. The molecule has 0 atom stereocenters. The molecule has 1 saturated carbocycles. The maximum Gasteiger partial charge on any atom is 0.282 e. The third-order valence-corrected chi connectivity index (χ3v) is 3.31. The molecule has 0 aliphatic heterocycles. The van der Waals surface area contributed by atoms with E-state index in [1.54, 1.807) is 0 Å². The number of nitro benzene ring substituents is 1. The van der Waals surface area contributed by atoms with Crippen molar-refractivity contribution in [2.45, 2.75) is 25.8 Å². The van der Waals surface area contributed by atoms with Crippen LogP contribution in [0.15, 0.2) is 18.2 Å². The molecule has 0 radical (unpaired) electrons. The molecule has 0 bridgehead atoms. The van der Waals surface area contributed by atoms with Gasteiger partial charge in [0, 0.05) is 17.8 Å². The van der Waals surface area contributed by atoms with Crippen LogP contribution in [0.2, 0.25) is 0 Å². The Bertz CT molecular complexity index is 512. The van der Waals surface area contributed by atoms with Crippen LogP contribution in [0.1, 0.15) is 30.1 Å². The minimum Gasteiger partial charge on any atom is -0.349 e. The summed E-state index contributed by atoms with van der Waals surface area (Å²) in [5.41, 5.74) is 2.64. The molecule has 102 valence electrons. The molecule has 1 aliphatic rings. The molecule has 0 unspecified atom stereocenters. The van der Waals surface area contributed by atoms with Crippen LogP contribution in [-0.2, 0) is 0 Å². The lowest BCUT2D eigenvalue weighted by atomic mass is 9.82. The van der Waals surface area contributed by atoms with Gasteiger partial charge in [0.2, 0.25) is 0 Å². The number of hydrogen-bond donors (Lipinski definition) is 3. The van der Waals surface area contributed by atoms with Crippen molar-refractivity contribution in [3.8, 4) is 0 Å². The van der Waals surface area contributed by atoms with E-state index in [9.17, 15) is 14.9 Å². The minimum absolute atomic E-state index is 0.0278. The number of nitrogens with zero attached hydrogens (tertiary/aromatic N) is 1. The molecule has 0 spiro atoms. The van der Waals surface area contributed by atoms with E-state index in [0.29, 0.717) is 11.6 Å². The third kappa shape index (κ3) is 2.82. The van der Waals surface area contributed by atoms with Crippen LogP contribution in [0.5, 0.6) is 0 Å². The fourth-order valence-corrected chi connectivity index (χ4v) is 2.25. The van der Waals surface area contributed by atoms with E-state index in [1.165, 1.54) is 18.2 Å². The van der Waals surface area contributed by atoms with Crippen LogP contribution in [0.4, 0.5) is 11.4 Å². The Kier molecular flexibility index (Phi) is 3.66. The van der Waals surface area contributed by atoms with E-state index < -0.39 is 10.8 Å². The fraction of sp³-hybridized carbons (Fsp3) is 0.417. The molecule has 7 heteroatoms. The van der Waals surface area contributed by atoms with Gasteiger partial charge in [0.25, 0.3) is 11.6 Å². The topological polar surface area (TPSA) is 110 Å². The molecular weight excluding hydrogens is 248 g/mol. The summed E-state index contributed by atoms with van der Waals surface area (Å²) in [6.07, 6.45) is 1.82. The molecule has 7 nitrogen and oxygen atoms in total. The zero-order chi connectivity index (χ0) is 14.0. The van der Waals surface area contributed by atoms with E-state index in [1.807, 2.05) is 0 Å². The third-order valence-electron chi connectivity index (χ3n) is 3.31. The van der Waals surface area contributed by atoms with Crippen molar-refractivity contribution in [1.82, 2.24) is 5.32 Å². The van der Waals surface area contributed by atoms with Crippen LogP contribution in [0.3, 0.4) is 0 Å². The number of carbonyl (C=O) groups excluding carboxylic acids is 1. The number of nitrogens with one attached hydrogen (secondary N) is 2. The number of nitro groups is 1. The Labute approximate surface area is 110 Å². The maximum atomic E-state index is 12.1. The van der Waals surface area contributed by atoms with Gasteiger partial charge in [-0.25, -0.2) is 0 Å². The molecule has 19 heavy (non-hydrogen) atoms. The lowest BCUT2D eigenvalue weighted by Gasteiger charge is -2.33. The van der Waals surface area contributed by atoms with Gasteiger partial charge in [-0.05, 0) is 30.9 Å². The zero-order valence-corrected chi connectivity index (χ0v) is 10.6. The van der Waals surface area contributed by atoms with Crippen molar-refractivity contribution < 1.29 is 9.72 Å². The highest BCUT2D eigenvalue weighted by Crippen LogP contribution is 2.28. The smallest absolute Gasteiger partial charge is 0.282 e. The summed E-state index contributed by atoms with van der Waals surface area (Å²) in [6.45, 7) is 2.10. The first-order valence-electron chi connectivity index (χ1n) is 6.07. The zero-order valence-electron chi connectivity index (χ0n) is 10.6. The Morgan fingerprint density at radius 2 is 2.16 bits per heavy atom. The molecule has 1 fully saturated rings. The van der Waals surface area contributed by atoms with Gasteiger partial charge in [0.15, 0.2) is 0 Å². The Morgan fingerprint density at radius 3 is 2.68 bits per heavy atom. The summed E-state index contributed by atoms with van der Waals surface area (Å²) in [4.78, 5) is 22.4. The van der Waals surface area contributed by atoms with E-state index >= 15 is 0 Å². The Balaban J connectivity index is 2.20. The van der Waals surface area contributed by atoms with Crippen molar-refractivity contribution >= 4 is 17.3 Å². The molecule has 0 saturated heterocycles. The fourth-order valence-electron chi connectivity index (χ4n) is 2.25. The molecule has 1 aromatic rings. The summed E-state index contributed by atoms with van der Waals surface area (Å²) >= 11 is 0. The molecular formula is C12H16N4O3. The minimum atomic E-state index is -0.571. The molecule has 1 aromatic carbocycles. The summed E-state index contributed by atoms with van der Waals surface area (Å²) in [5, 5.41) is 13.7. The second-order valence-corrected chi connectivity index (χ2v) is 4.88. The predicted octanol–water partition coefficient (Wildman–Crippen LogP) is 1.41. The van der Waals surface area contributed by atoms with Crippen molar-refractivity contribution in [3.05, 3.63) is 33.9 Å². The summed E-state index contributed by atoms with van der Waals surface area (Å²) in [7, 11) is 0. The number of carbonyl (C=O) groups is 1. The quantitative estimate of drug-likeness (QED) is 0.432. The monoisotopic (exact) mass is 264 g/mol. The number of nitrogen functional groups attached to an aromatic ring is 1. The van der Waals surface area contributed by atoms with Gasteiger partial charge in [0.05, 0.1) is 4.92 Å². The lowest BCUT2D eigenvalue weighted by Crippen LogP contribution is -2.43. The average Bonchev–Trinajstić information content (AvgIpc) is 2.35. The van der Waals surface area contributed by atoms with Crippen LogP contribution in [0, 0.1) is 16.0 Å². The largest absolute Gasteiger partial charge is 0.349 e. The standard InChI is InChI=1S/C12H16N4O3/c1-7-4-9(5-7)14-12(17)10-6-8(15-13)2-3-11(10)16(18)19/h2-3,6-7,9,15H,4-5,13H2,1H3,(H,14,17). The maximum absolute atomic E-state index is 12.1. The number of amides is 1. The Morgan fingerprint density at radius 1 is 1.47 bits per heavy atom. The first kappa shape index (κ1) is 13.3. The van der Waals surface area contributed by atoms with Gasteiger partial charge in [-0.15, -0.1) is 0 Å². The van der Waals surface area contributed by atoms with Gasteiger partial charge in [-0.2, -0.15) is 0 Å². The molecule has 4 N–H and O–H groups in total. The Hall–Kier alpha value is -2.15. The number of anilines is 1. The summed E-state index contributed by atoms with van der Waals surface area (Å²) < 4.78 is 0. The molecule has 2 rings (SSSR count). The second kappa shape index (κ2) is 5.23. The van der Waals surface area contributed by atoms with E-state index in [2.05, 4.69) is 17.7 Å². The highest BCUT2D eigenvalue weighted by atomic mass is 16.6.